The fraction of sp³-hybridized carbons (Fsp3) is 0.133. The van der Waals surface area contributed by atoms with E-state index < -0.39 is 0 Å². The largest absolute Gasteiger partial charge is 0.344 e. The fourth-order valence-electron chi connectivity index (χ4n) is 2.06. The van der Waals surface area contributed by atoms with E-state index in [2.05, 4.69) is 31.3 Å². The van der Waals surface area contributed by atoms with E-state index in [9.17, 15) is 4.79 Å². The maximum absolute atomic E-state index is 12.3. The van der Waals surface area contributed by atoms with Crippen LogP contribution in [-0.2, 0) is 0 Å². The molecule has 0 bridgehead atoms. The molecule has 1 amide bonds. The van der Waals surface area contributed by atoms with E-state index in [0.29, 0.717) is 11.3 Å². The Kier molecular flexibility index (Phi) is 3.70. The van der Waals surface area contributed by atoms with Crippen LogP contribution >= 0.6 is 15.9 Å². The fourth-order valence-corrected chi connectivity index (χ4v) is 2.36. The van der Waals surface area contributed by atoms with E-state index in [1.165, 1.54) is 0 Å². The second-order valence-electron chi connectivity index (χ2n) is 4.71. The molecule has 3 aromatic rings. The first-order valence-electron chi connectivity index (χ1n) is 6.50. The van der Waals surface area contributed by atoms with Crippen molar-refractivity contribution in [1.82, 2.24) is 19.9 Å². The van der Waals surface area contributed by atoms with Crippen LogP contribution in [0.1, 0.15) is 29.0 Å². The first-order valence-corrected chi connectivity index (χ1v) is 7.29. The zero-order chi connectivity index (χ0) is 14.8. The molecule has 0 saturated carbocycles. The minimum atomic E-state index is -0.215. The average Bonchev–Trinajstić information content (AvgIpc) is 2.91. The lowest BCUT2D eigenvalue weighted by atomic mass is 10.1. The van der Waals surface area contributed by atoms with Crippen molar-refractivity contribution in [2.45, 2.75) is 13.0 Å². The van der Waals surface area contributed by atoms with Gasteiger partial charge in [0.05, 0.1) is 10.5 Å². The predicted molar refractivity (Wildman–Crippen MR) is 83.0 cm³/mol. The summed E-state index contributed by atoms with van der Waals surface area (Å²) in [6, 6.07) is 11.4. The van der Waals surface area contributed by atoms with E-state index in [1.807, 2.05) is 37.3 Å². The smallest absolute Gasteiger partial charge is 0.272 e. The molecule has 0 spiro atoms. The van der Waals surface area contributed by atoms with Crippen molar-refractivity contribution in [2.24, 2.45) is 0 Å². The topological polar surface area (TPSA) is 59.3 Å². The quantitative estimate of drug-likeness (QED) is 0.794. The van der Waals surface area contributed by atoms with Crippen molar-refractivity contribution in [3.63, 3.8) is 0 Å². The van der Waals surface area contributed by atoms with Crippen LogP contribution in [0.5, 0.6) is 0 Å². The first-order chi connectivity index (χ1) is 10.1. The Hall–Kier alpha value is -2.21. The van der Waals surface area contributed by atoms with Gasteiger partial charge >= 0.3 is 0 Å². The van der Waals surface area contributed by atoms with Crippen LogP contribution in [0.15, 0.2) is 53.3 Å². The summed E-state index contributed by atoms with van der Waals surface area (Å²) in [4.78, 5) is 16.5. The third kappa shape index (κ3) is 2.95. The van der Waals surface area contributed by atoms with E-state index in [-0.39, 0.29) is 11.9 Å². The number of fused-ring (bicyclic) bond motifs is 1. The molecule has 6 heteroatoms. The SMILES string of the molecule is CC(NC(=O)c1cc2ncc(Br)cn2n1)c1ccccc1. The van der Waals surface area contributed by atoms with E-state index in [1.54, 1.807) is 23.0 Å². The number of hydrogen-bond donors (Lipinski definition) is 1. The van der Waals surface area contributed by atoms with Crippen molar-refractivity contribution >= 4 is 27.5 Å². The number of nitrogens with zero attached hydrogens (tertiary/aromatic N) is 3. The van der Waals surface area contributed by atoms with Crippen molar-refractivity contribution in [2.75, 3.05) is 0 Å². The van der Waals surface area contributed by atoms with Gasteiger partial charge in [-0.2, -0.15) is 5.10 Å². The molecule has 106 valence electrons. The Bertz CT molecular complexity index is 785. The maximum Gasteiger partial charge on any atom is 0.272 e. The molecule has 1 N–H and O–H groups in total. The first kappa shape index (κ1) is 13.8. The molecule has 0 radical (unpaired) electrons. The predicted octanol–water partition coefficient (Wildman–Crippen LogP) is 2.98. The summed E-state index contributed by atoms with van der Waals surface area (Å²) in [5.41, 5.74) is 2.04. The van der Waals surface area contributed by atoms with Gasteiger partial charge in [-0.25, -0.2) is 9.50 Å². The van der Waals surface area contributed by atoms with Gasteiger partial charge in [-0.3, -0.25) is 4.79 Å². The molecule has 1 aromatic carbocycles. The van der Waals surface area contributed by atoms with E-state index >= 15 is 0 Å². The van der Waals surface area contributed by atoms with Crippen molar-refractivity contribution < 1.29 is 4.79 Å². The number of hydrogen-bond acceptors (Lipinski definition) is 3. The lowest BCUT2D eigenvalue weighted by Gasteiger charge is -2.12. The molecule has 1 atom stereocenters. The number of carbonyl (C=O) groups excluding carboxylic acids is 1. The number of benzene rings is 1. The summed E-state index contributed by atoms with van der Waals surface area (Å²) in [6.45, 7) is 1.94. The third-order valence-electron chi connectivity index (χ3n) is 3.16. The average molecular weight is 345 g/mol. The summed E-state index contributed by atoms with van der Waals surface area (Å²) in [5, 5.41) is 7.17. The third-order valence-corrected chi connectivity index (χ3v) is 3.57. The zero-order valence-corrected chi connectivity index (χ0v) is 12.9. The molecule has 0 aliphatic heterocycles. The second kappa shape index (κ2) is 5.65. The number of nitrogens with one attached hydrogen (secondary N) is 1. The van der Waals surface area contributed by atoms with Gasteiger partial charge in [-0.05, 0) is 28.4 Å². The summed E-state index contributed by atoms with van der Waals surface area (Å²) in [7, 11) is 0. The van der Waals surface area contributed by atoms with Crippen molar-refractivity contribution in [1.29, 1.82) is 0 Å². The maximum atomic E-state index is 12.3. The normalized spacial score (nSPS) is 12.3. The molecular weight excluding hydrogens is 332 g/mol. The lowest BCUT2D eigenvalue weighted by Crippen LogP contribution is -2.27. The van der Waals surface area contributed by atoms with Crippen molar-refractivity contribution in [3.8, 4) is 0 Å². The van der Waals surface area contributed by atoms with Gasteiger partial charge in [0.25, 0.3) is 5.91 Å². The van der Waals surface area contributed by atoms with Crippen LogP contribution in [0, 0.1) is 0 Å². The van der Waals surface area contributed by atoms with Gasteiger partial charge < -0.3 is 5.32 Å². The number of amides is 1. The van der Waals surface area contributed by atoms with Crippen LogP contribution in [0.25, 0.3) is 5.65 Å². The van der Waals surface area contributed by atoms with Crippen molar-refractivity contribution in [3.05, 3.63) is 64.5 Å². The highest BCUT2D eigenvalue weighted by atomic mass is 79.9. The van der Waals surface area contributed by atoms with E-state index in [4.69, 9.17) is 0 Å². The molecule has 5 nitrogen and oxygen atoms in total. The summed E-state index contributed by atoms with van der Waals surface area (Å²) in [5.74, 6) is -0.215. The molecule has 21 heavy (non-hydrogen) atoms. The number of aromatic nitrogens is 3. The van der Waals surface area contributed by atoms with Gasteiger partial charge in [0.15, 0.2) is 11.3 Å². The number of halogens is 1. The Morgan fingerprint density at radius 2 is 2.10 bits per heavy atom. The highest BCUT2D eigenvalue weighted by molar-refractivity contribution is 9.10. The highest BCUT2D eigenvalue weighted by Crippen LogP contribution is 2.13. The van der Waals surface area contributed by atoms with Crippen LogP contribution in [0.3, 0.4) is 0 Å². The molecule has 0 saturated heterocycles. The zero-order valence-electron chi connectivity index (χ0n) is 11.3. The molecule has 0 aliphatic carbocycles. The van der Waals surface area contributed by atoms with Crippen LogP contribution in [0.2, 0.25) is 0 Å². The van der Waals surface area contributed by atoms with Gasteiger partial charge in [0.1, 0.15) is 0 Å². The lowest BCUT2D eigenvalue weighted by molar-refractivity contribution is 0.0934. The van der Waals surface area contributed by atoms with Gasteiger partial charge in [-0.15, -0.1) is 0 Å². The Labute approximate surface area is 130 Å². The Morgan fingerprint density at radius 1 is 1.33 bits per heavy atom. The molecule has 0 fully saturated rings. The second-order valence-corrected chi connectivity index (χ2v) is 5.63. The monoisotopic (exact) mass is 344 g/mol. The minimum absolute atomic E-state index is 0.0804. The van der Waals surface area contributed by atoms with Crippen LogP contribution < -0.4 is 5.32 Å². The van der Waals surface area contributed by atoms with Crippen LogP contribution in [0.4, 0.5) is 0 Å². The van der Waals surface area contributed by atoms with Crippen LogP contribution in [-0.4, -0.2) is 20.5 Å². The Balaban J connectivity index is 1.80. The van der Waals surface area contributed by atoms with E-state index in [0.717, 1.165) is 10.0 Å². The highest BCUT2D eigenvalue weighted by Gasteiger charge is 2.15. The Morgan fingerprint density at radius 3 is 2.86 bits per heavy atom. The molecule has 2 heterocycles. The van der Waals surface area contributed by atoms with Gasteiger partial charge in [0.2, 0.25) is 0 Å². The molecule has 0 aliphatic rings. The summed E-state index contributed by atoms with van der Waals surface area (Å²) in [6.07, 6.45) is 3.44. The standard InChI is InChI=1S/C15H13BrN4O/c1-10(11-5-3-2-4-6-11)18-15(21)13-7-14-17-8-12(16)9-20(14)19-13/h2-10H,1H3,(H,18,21). The minimum Gasteiger partial charge on any atom is -0.344 e. The number of rotatable bonds is 3. The van der Waals surface area contributed by atoms with Gasteiger partial charge in [-0.1, -0.05) is 30.3 Å². The molecule has 2 aromatic heterocycles. The summed E-state index contributed by atoms with van der Waals surface area (Å²) < 4.78 is 2.38. The molecular formula is C15H13BrN4O. The molecule has 3 rings (SSSR count). The summed E-state index contributed by atoms with van der Waals surface area (Å²) >= 11 is 3.33. The van der Waals surface area contributed by atoms with Gasteiger partial charge in [0, 0.05) is 18.5 Å². The number of carbonyl (C=O) groups is 1. The molecule has 1 unspecified atom stereocenters.